The molecule has 2 aliphatic carbocycles. The molecule has 1 aromatic carbocycles. The lowest BCUT2D eigenvalue weighted by molar-refractivity contribution is -0.139. The van der Waals surface area contributed by atoms with E-state index >= 15 is 0 Å². The first-order chi connectivity index (χ1) is 12.6. The zero-order valence-electron chi connectivity index (χ0n) is 14.5. The van der Waals surface area contributed by atoms with E-state index in [0.29, 0.717) is 13.1 Å². The average Bonchev–Trinajstić information content (AvgIpc) is 3.18. The molecule has 1 aromatic heterocycles. The summed E-state index contributed by atoms with van der Waals surface area (Å²) in [6.45, 7) is 1.36. The lowest BCUT2D eigenvalue weighted by Gasteiger charge is -2.32. The van der Waals surface area contributed by atoms with E-state index in [1.165, 1.54) is 21.6 Å². The predicted octanol–water partition coefficient (Wildman–Crippen LogP) is 3.84. The molecule has 1 atom stereocenters. The molecule has 3 aliphatic rings. The first kappa shape index (κ1) is 16.1. The summed E-state index contributed by atoms with van der Waals surface area (Å²) in [5.74, 6) is -0.746. The number of likely N-dealkylation sites (tertiary alicyclic amines) is 1. The van der Waals surface area contributed by atoms with Gasteiger partial charge in [0.25, 0.3) is 5.91 Å². The number of carboxylic acids is 1. The molecule has 4 nitrogen and oxygen atoms in total. The van der Waals surface area contributed by atoms with Crippen molar-refractivity contribution in [3.8, 4) is 10.4 Å². The molecule has 1 saturated heterocycles. The predicted molar refractivity (Wildman–Crippen MR) is 100 cm³/mol. The molecule has 0 bridgehead atoms. The van der Waals surface area contributed by atoms with Crippen molar-refractivity contribution in [2.45, 2.75) is 32.1 Å². The molecule has 134 valence electrons. The number of aliphatic carboxylic acids is 1. The van der Waals surface area contributed by atoms with Crippen molar-refractivity contribution >= 4 is 23.2 Å². The molecule has 1 N–H and O–H groups in total. The van der Waals surface area contributed by atoms with E-state index in [1.54, 1.807) is 11.3 Å². The highest BCUT2D eigenvalue weighted by Crippen LogP contribution is 2.59. The van der Waals surface area contributed by atoms with E-state index in [4.69, 9.17) is 0 Å². The minimum absolute atomic E-state index is 0.0315. The molecule has 1 unspecified atom stereocenters. The molecule has 26 heavy (non-hydrogen) atoms. The van der Waals surface area contributed by atoms with Gasteiger partial charge in [-0.15, -0.1) is 11.3 Å². The molecule has 1 amide bonds. The molecule has 2 fully saturated rings. The second kappa shape index (κ2) is 5.68. The summed E-state index contributed by atoms with van der Waals surface area (Å²) in [6, 6.07) is 10.6. The van der Waals surface area contributed by atoms with Crippen molar-refractivity contribution in [1.29, 1.82) is 0 Å². The standard InChI is InChI=1S/C21H21NO3S/c23-19(22-9-7-21(8-10-22)12-16(21)20(24)25)17-11-14-6-5-13-3-1-2-4-15(13)18(14)26-17/h1-4,11,16H,5-10,12H2,(H,24,25). The van der Waals surface area contributed by atoms with E-state index in [9.17, 15) is 14.7 Å². The van der Waals surface area contributed by atoms with E-state index in [1.807, 2.05) is 4.90 Å². The first-order valence-corrected chi connectivity index (χ1v) is 10.1. The number of piperidine rings is 1. The van der Waals surface area contributed by atoms with Crippen LogP contribution in [0.25, 0.3) is 10.4 Å². The number of hydrogen-bond acceptors (Lipinski definition) is 3. The zero-order valence-corrected chi connectivity index (χ0v) is 15.3. The van der Waals surface area contributed by atoms with Crippen LogP contribution in [0.2, 0.25) is 0 Å². The molecule has 1 spiro atoms. The van der Waals surface area contributed by atoms with Gasteiger partial charge in [-0.3, -0.25) is 9.59 Å². The highest BCUT2D eigenvalue weighted by atomic mass is 32.1. The van der Waals surface area contributed by atoms with Gasteiger partial charge >= 0.3 is 5.97 Å². The third-order valence-electron chi connectivity index (χ3n) is 6.48. The van der Waals surface area contributed by atoms with Crippen molar-refractivity contribution in [3.63, 3.8) is 0 Å². The zero-order chi connectivity index (χ0) is 17.9. The van der Waals surface area contributed by atoms with E-state index in [2.05, 4.69) is 30.3 Å². The van der Waals surface area contributed by atoms with E-state index in [0.717, 1.165) is 37.0 Å². The number of fused-ring (bicyclic) bond motifs is 3. The van der Waals surface area contributed by atoms with Gasteiger partial charge in [-0.1, -0.05) is 24.3 Å². The Hall–Kier alpha value is -2.14. The number of carbonyl (C=O) groups is 2. The molecule has 5 heteroatoms. The van der Waals surface area contributed by atoms with Crippen LogP contribution in [0.5, 0.6) is 0 Å². The third kappa shape index (κ3) is 2.41. The number of thiophene rings is 1. The van der Waals surface area contributed by atoms with E-state index in [-0.39, 0.29) is 17.2 Å². The van der Waals surface area contributed by atoms with Gasteiger partial charge in [-0.2, -0.15) is 0 Å². The summed E-state index contributed by atoms with van der Waals surface area (Å²) >= 11 is 1.62. The van der Waals surface area contributed by atoms with Crippen LogP contribution < -0.4 is 0 Å². The summed E-state index contributed by atoms with van der Waals surface area (Å²) < 4.78 is 0. The number of carbonyl (C=O) groups excluding carboxylic acids is 1. The van der Waals surface area contributed by atoms with Crippen LogP contribution in [-0.2, 0) is 17.6 Å². The molecule has 2 heterocycles. The van der Waals surface area contributed by atoms with Crippen LogP contribution in [0.15, 0.2) is 30.3 Å². The fourth-order valence-electron chi connectivity index (χ4n) is 4.74. The van der Waals surface area contributed by atoms with Gasteiger partial charge in [0.15, 0.2) is 0 Å². The minimum Gasteiger partial charge on any atom is -0.481 e. The van der Waals surface area contributed by atoms with Gasteiger partial charge in [0, 0.05) is 18.0 Å². The number of carboxylic acid groups (broad SMARTS) is 1. The molecule has 2 aromatic rings. The Bertz CT molecular complexity index is 908. The quantitative estimate of drug-likeness (QED) is 0.877. The lowest BCUT2D eigenvalue weighted by Crippen LogP contribution is -2.39. The topological polar surface area (TPSA) is 57.6 Å². The number of nitrogens with zero attached hydrogens (tertiary/aromatic N) is 1. The molecular formula is C21H21NO3S. The van der Waals surface area contributed by atoms with Crippen molar-refractivity contribution < 1.29 is 14.7 Å². The second-order valence-corrected chi connectivity index (χ2v) is 8.92. The Labute approximate surface area is 156 Å². The Kier molecular flexibility index (Phi) is 3.51. The lowest BCUT2D eigenvalue weighted by atomic mass is 9.90. The van der Waals surface area contributed by atoms with Gasteiger partial charge in [0.1, 0.15) is 0 Å². The first-order valence-electron chi connectivity index (χ1n) is 9.30. The highest BCUT2D eigenvalue weighted by molar-refractivity contribution is 7.17. The number of amides is 1. The summed E-state index contributed by atoms with van der Waals surface area (Å²) in [6.07, 6.45) is 4.47. The van der Waals surface area contributed by atoms with Crippen LogP contribution in [0, 0.1) is 11.3 Å². The van der Waals surface area contributed by atoms with Crippen LogP contribution in [0.3, 0.4) is 0 Å². The van der Waals surface area contributed by atoms with Crippen molar-refractivity contribution in [3.05, 3.63) is 46.3 Å². The Morgan fingerprint density at radius 2 is 1.85 bits per heavy atom. The maximum absolute atomic E-state index is 13.0. The van der Waals surface area contributed by atoms with Crippen LogP contribution in [-0.4, -0.2) is 35.0 Å². The second-order valence-electron chi connectivity index (χ2n) is 7.87. The summed E-state index contributed by atoms with van der Waals surface area (Å²) in [4.78, 5) is 28.2. The van der Waals surface area contributed by atoms with E-state index < -0.39 is 5.97 Å². The average molecular weight is 367 g/mol. The van der Waals surface area contributed by atoms with Crippen LogP contribution in [0.1, 0.15) is 40.1 Å². The van der Waals surface area contributed by atoms with Gasteiger partial charge in [0.05, 0.1) is 10.8 Å². The summed E-state index contributed by atoms with van der Waals surface area (Å²) in [7, 11) is 0. The minimum atomic E-state index is -0.672. The molecular weight excluding hydrogens is 346 g/mol. The maximum atomic E-state index is 13.0. The molecule has 0 radical (unpaired) electrons. The monoisotopic (exact) mass is 367 g/mol. The smallest absolute Gasteiger partial charge is 0.307 e. The third-order valence-corrected chi connectivity index (χ3v) is 7.68. The molecule has 1 saturated carbocycles. The summed E-state index contributed by atoms with van der Waals surface area (Å²) in [5, 5.41) is 9.22. The number of hydrogen-bond donors (Lipinski definition) is 1. The normalized spacial score (nSPS) is 22.6. The maximum Gasteiger partial charge on any atom is 0.307 e. The number of aryl methyl sites for hydroxylation is 2. The van der Waals surface area contributed by atoms with Gasteiger partial charge in [-0.25, -0.2) is 0 Å². The highest BCUT2D eigenvalue weighted by Gasteiger charge is 2.59. The van der Waals surface area contributed by atoms with Crippen LogP contribution in [0.4, 0.5) is 0 Å². The number of benzene rings is 1. The number of rotatable bonds is 2. The van der Waals surface area contributed by atoms with Crippen molar-refractivity contribution in [2.24, 2.45) is 11.3 Å². The van der Waals surface area contributed by atoms with Gasteiger partial charge in [-0.05, 0) is 60.3 Å². The Balaban J connectivity index is 1.34. The fraction of sp³-hybridized carbons (Fsp3) is 0.429. The largest absolute Gasteiger partial charge is 0.481 e. The van der Waals surface area contributed by atoms with Gasteiger partial charge in [0.2, 0.25) is 0 Å². The fourth-order valence-corrected chi connectivity index (χ4v) is 5.98. The van der Waals surface area contributed by atoms with Crippen molar-refractivity contribution in [1.82, 2.24) is 4.90 Å². The summed E-state index contributed by atoms with van der Waals surface area (Å²) in [5.41, 5.74) is 3.90. The molecule has 5 rings (SSSR count). The molecule has 1 aliphatic heterocycles. The van der Waals surface area contributed by atoms with Crippen LogP contribution >= 0.6 is 11.3 Å². The SMILES string of the molecule is O=C(O)C1CC12CCN(C(=O)c1cc3c(s1)-c1ccccc1CC3)CC2. The van der Waals surface area contributed by atoms with Crippen molar-refractivity contribution in [2.75, 3.05) is 13.1 Å². The Morgan fingerprint density at radius 1 is 1.12 bits per heavy atom. The Morgan fingerprint density at radius 3 is 2.58 bits per heavy atom. The van der Waals surface area contributed by atoms with Gasteiger partial charge < -0.3 is 10.0 Å².